The van der Waals surface area contributed by atoms with Crippen LogP contribution in [0.15, 0.2) is 94.9 Å². The van der Waals surface area contributed by atoms with Gasteiger partial charge in [-0.3, -0.25) is 14.6 Å². The van der Waals surface area contributed by atoms with E-state index in [1.807, 2.05) is 6.92 Å². The normalized spacial score (nSPS) is 14.8. The van der Waals surface area contributed by atoms with Gasteiger partial charge in [-0.05, 0) is 80.1 Å². The lowest BCUT2D eigenvalue weighted by Gasteiger charge is -2.29. The number of allylic oxidation sites excluding steroid dienone is 2. The average molecular weight is 560 g/mol. The van der Waals surface area contributed by atoms with Crippen molar-refractivity contribution in [2.75, 3.05) is 23.0 Å². The minimum Gasteiger partial charge on any atom is -0.494 e. The van der Waals surface area contributed by atoms with Crippen molar-refractivity contribution in [1.82, 2.24) is 10.3 Å². The highest BCUT2D eigenvalue weighted by Crippen LogP contribution is 2.40. The third-order valence-electron chi connectivity index (χ3n) is 5.83. The highest BCUT2D eigenvalue weighted by Gasteiger charge is 2.35. The van der Waals surface area contributed by atoms with Gasteiger partial charge in [0.25, 0.3) is 5.91 Å². The Hall–Kier alpha value is -4.26. The maximum Gasteiger partial charge on any atom is 0.254 e. The van der Waals surface area contributed by atoms with E-state index in [2.05, 4.69) is 27.0 Å². The Labute approximate surface area is 236 Å². The molecule has 2 aromatic carbocycles. The molecule has 0 saturated heterocycles. The Morgan fingerprint density at radius 2 is 1.69 bits per heavy atom. The predicted molar refractivity (Wildman–Crippen MR) is 154 cm³/mol. The van der Waals surface area contributed by atoms with Crippen molar-refractivity contribution in [3.8, 4) is 11.8 Å². The van der Waals surface area contributed by atoms with Crippen molar-refractivity contribution >= 4 is 46.6 Å². The fraction of sp³-hybridized carbons (Fsp3) is 0.172. The Morgan fingerprint density at radius 1 is 1.05 bits per heavy atom. The number of benzene rings is 2. The van der Waals surface area contributed by atoms with E-state index in [9.17, 15) is 14.9 Å². The van der Waals surface area contributed by atoms with Crippen LogP contribution in [-0.2, 0) is 9.59 Å². The second kappa shape index (κ2) is 13.0. The van der Waals surface area contributed by atoms with Crippen LogP contribution in [-0.4, -0.2) is 29.2 Å². The number of amides is 2. The summed E-state index contributed by atoms with van der Waals surface area (Å²) in [5.74, 6) is -0.453. The van der Waals surface area contributed by atoms with Crippen LogP contribution in [0.3, 0.4) is 0 Å². The van der Waals surface area contributed by atoms with Gasteiger partial charge in [-0.1, -0.05) is 23.4 Å². The lowest BCUT2D eigenvalue weighted by Crippen LogP contribution is -2.31. The number of nitrogens with one attached hydrogen (secondary N) is 3. The number of aromatic nitrogens is 1. The lowest BCUT2D eigenvalue weighted by molar-refractivity contribution is -0.114. The molecule has 1 aliphatic heterocycles. The first-order chi connectivity index (χ1) is 18.9. The van der Waals surface area contributed by atoms with Crippen molar-refractivity contribution in [2.45, 2.75) is 19.8 Å². The van der Waals surface area contributed by atoms with Crippen LogP contribution in [0.5, 0.6) is 5.75 Å². The van der Waals surface area contributed by atoms with Gasteiger partial charge in [0.1, 0.15) is 5.75 Å². The van der Waals surface area contributed by atoms with Gasteiger partial charge in [0.05, 0.1) is 34.9 Å². The fourth-order valence-electron chi connectivity index (χ4n) is 4.08. The molecule has 1 aliphatic rings. The van der Waals surface area contributed by atoms with E-state index >= 15 is 0 Å². The van der Waals surface area contributed by atoms with Crippen LogP contribution in [0, 0.1) is 11.3 Å². The SMILES string of the molecule is CCOc1ccc(NC(=O)CSC2=C(C#N)C(c3ccncc3)C(C(=O)Nc3ccc(Cl)cc3)=C(C)N2)cc1. The minimum atomic E-state index is -0.650. The summed E-state index contributed by atoms with van der Waals surface area (Å²) < 4.78 is 5.43. The summed E-state index contributed by atoms with van der Waals surface area (Å²) in [5.41, 5.74) is 3.27. The van der Waals surface area contributed by atoms with E-state index in [0.717, 1.165) is 11.3 Å². The van der Waals surface area contributed by atoms with Gasteiger partial charge in [-0.25, -0.2) is 0 Å². The smallest absolute Gasteiger partial charge is 0.254 e. The number of carbonyl (C=O) groups is 2. The number of carbonyl (C=O) groups excluding carboxylic acids is 2. The van der Waals surface area contributed by atoms with Gasteiger partial charge < -0.3 is 20.7 Å². The molecule has 39 heavy (non-hydrogen) atoms. The van der Waals surface area contributed by atoms with Gasteiger partial charge in [-0.15, -0.1) is 0 Å². The average Bonchev–Trinajstić information content (AvgIpc) is 2.94. The minimum absolute atomic E-state index is 0.0589. The Kier molecular flexibility index (Phi) is 9.26. The van der Waals surface area contributed by atoms with Gasteiger partial charge in [-0.2, -0.15) is 5.26 Å². The highest BCUT2D eigenvalue weighted by molar-refractivity contribution is 8.03. The first kappa shape index (κ1) is 27.8. The van der Waals surface area contributed by atoms with Crippen LogP contribution in [0.1, 0.15) is 25.3 Å². The number of anilines is 2. The van der Waals surface area contributed by atoms with Crippen molar-refractivity contribution in [3.63, 3.8) is 0 Å². The number of hydrogen-bond acceptors (Lipinski definition) is 7. The van der Waals surface area contributed by atoms with Crippen molar-refractivity contribution in [2.24, 2.45) is 0 Å². The summed E-state index contributed by atoms with van der Waals surface area (Å²) in [4.78, 5) is 30.3. The molecule has 0 radical (unpaired) electrons. The van der Waals surface area contributed by atoms with Crippen molar-refractivity contribution in [3.05, 3.63) is 106 Å². The van der Waals surface area contributed by atoms with Crippen LogP contribution in [0.2, 0.25) is 5.02 Å². The van der Waals surface area contributed by atoms with E-state index in [0.29, 0.717) is 44.9 Å². The van der Waals surface area contributed by atoms with Gasteiger partial charge in [0.15, 0.2) is 0 Å². The molecule has 8 nitrogen and oxygen atoms in total. The molecule has 1 aromatic heterocycles. The lowest BCUT2D eigenvalue weighted by atomic mass is 9.82. The zero-order chi connectivity index (χ0) is 27.8. The number of nitrogens with zero attached hydrogens (tertiary/aromatic N) is 2. The number of nitriles is 1. The van der Waals surface area contributed by atoms with Crippen LogP contribution >= 0.6 is 23.4 Å². The maximum absolute atomic E-state index is 13.5. The summed E-state index contributed by atoms with van der Waals surface area (Å²) in [6, 6.07) is 19.7. The van der Waals surface area contributed by atoms with E-state index in [1.54, 1.807) is 80.0 Å². The number of hydrogen-bond donors (Lipinski definition) is 3. The quantitative estimate of drug-likeness (QED) is 0.301. The fourth-order valence-corrected chi connectivity index (χ4v) is 5.10. The summed E-state index contributed by atoms with van der Waals surface area (Å²) in [6.07, 6.45) is 3.24. The monoisotopic (exact) mass is 559 g/mol. The molecule has 3 aromatic rings. The summed E-state index contributed by atoms with van der Waals surface area (Å²) in [7, 11) is 0. The molecule has 0 fully saturated rings. The second-order valence-corrected chi connectivity index (χ2v) is 9.91. The molecular formula is C29H26ClN5O3S. The summed E-state index contributed by atoms with van der Waals surface area (Å²) in [5, 5.41) is 20.2. The third-order valence-corrected chi connectivity index (χ3v) is 7.10. The Morgan fingerprint density at radius 3 is 2.33 bits per heavy atom. The number of halogens is 1. The van der Waals surface area contributed by atoms with Crippen LogP contribution in [0.4, 0.5) is 11.4 Å². The standard InChI is InChI=1S/C29H26ClN5O3S/c1-3-38-23-10-8-21(9-11-23)34-25(36)17-39-29-24(16-31)27(19-12-14-32-15-13-19)26(18(2)33-29)28(37)35-22-6-4-20(30)5-7-22/h4-15,27,33H,3,17H2,1-2H3,(H,34,36)(H,35,37). The number of pyridine rings is 1. The molecule has 10 heteroatoms. The molecular weight excluding hydrogens is 534 g/mol. The predicted octanol–water partition coefficient (Wildman–Crippen LogP) is 5.84. The molecule has 2 heterocycles. The van der Waals surface area contributed by atoms with E-state index in [1.165, 1.54) is 11.8 Å². The number of ether oxygens (including phenoxy) is 1. The van der Waals surface area contributed by atoms with Gasteiger partial charge in [0.2, 0.25) is 5.91 Å². The van der Waals surface area contributed by atoms with Crippen LogP contribution < -0.4 is 20.7 Å². The highest BCUT2D eigenvalue weighted by atomic mass is 35.5. The molecule has 198 valence electrons. The first-order valence-corrected chi connectivity index (χ1v) is 13.5. The van der Waals surface area contributed by atoms with Gasteiger partial charge >= 0.3 is 0 Å². The maximum atomic E-state index is 13.5. The molecule has 2 amide bonds. The summed E-state index contributed by atoms with van der Waals surface area (Å²) in [6.45, 7) is 4.24. The number of dihydropyridines is 1. The Bertz CT molecular complexity index is 1450. The van der Waals surface area contributed by atoms with Gasteiger partial charge in [0, 0.05) is 40.1 Å². The molecule has 0 aliphatic carbocycles. The van der Waals surface area contributed by atoms with E-state index in [-0.39, 0.29) is 17.6 Å². The Balaban J connectivity index is 1.55. The molecule has 1 atom stereocenters. The zero-order valence-electron chi connectivity index (χ0n) is 21.3. The topological polar surface area (TPSA) is 116 Å². The second-order valence-electron chi connectivity index (χ2n) is 8.49. The number of rotatable bonds is 9. The number of thioether (sulfide) groups is 1. The van der Waals surface area contributed by atoms with E-state index in [4.69, 9.17) is 16.3 Å². The molecule has 0 bridgehead atoms. The molecule has 4 rings (SSSR count). The molecule has 0 saturated carbocycles. The van der Waals surface area contributed by atoms with E-state index < -0.39 is 5.92 Å². The molecule has 0 spiro atoms. The largest absolute Gasteiger partial charge is 0.494 e. The zero-order valence-corrected chi connectivity index (χ0v) is 22.9. The first-order valence-electron chi connectivity index (χ1n) is 12.1. The van der Waals surface area contributed by atoms with Crippen molar-refractivity contribution < 1.29 is 14.3 Å². The molecule has 1 unspecified atom stereocenters. The third kappa shape index (κ3) is 6.99. The summed E-state index contributed by atoms with van der Waals surface area (Å²) >= 11 is 7.18. The molecule has 3 N–H and O–H groups in total. The van der Waals surface area contributed by atoms with Crippen LogP contribution in [0.25, 0.3) is 0 Å². The van der Waals surface area contributed by atoms with Crippen molar-refractivity contribution in [1.29, 1.82) is 5.26 Å².